The van der Waals surface area contributed by atoms with Crippen LogP contribution in [0.15, 0.2) is 29.0 Å². The zero-order chi connectivity index (χ0) is 16.1. The Morgan fingerprint density at radius 2 is 2.17 bits per heavy atom. The summed E-state index contributed by atoms with van der Waals surface area (Å²) in [4.78, 5) is 23.3. The summed E-state index contributed by atoms with van der Waals surface area (Å²) < 4.78 is 5.25. The summed E-state index contributed by atoms with van der Waals surface area (Å²) in [6.07, 6.45) is 7.56. The molecule has 1 fully saturated rings. The van der Waals surface area contributed by atoms with Crippen LogP contribution in [-0.2, 0) is 6.42 Å². The maximum atomic E-state index is 12.2. The summed E-state index contributed by atoms with van der Waals surface area (Å²) in [6, 6.07) is 3.74. The number of aryl methyl sites for hydroxylation is 1. The van der Waals surface area contributed by atoms with Crippen LogP contribution in [0.4, 0.5) is 5.95 Å². The van der Waals surface area contributed by atoms with Crippen LogP contribution in [-0.4, -0.2) is 35.5 Å². The quantitative estimate of drug-likeness (QED) is 0.917. The molecule has 0 radical (unpaired) electrons. The summed E-state index contributed by atoms with van der Waals surface area (Å²) in [5.74, 6) is 1.45. The molecular formula is C17H22N4O2. The standard InChI is InChI=1S/C17H22N4O2/c1-13-15(16(22)18-8-7-14-6-5-11-23-14)12-19-17(20-13)21-9-3-2-4-10-21/h5-6,11-12H,2-4,7-10H2,1H3,(H,18,22). The van der Waals surface area contributed by atoms with Crippen LogP contribution in [0.25, 0.3) is 0 Å². The van der Waals surface area contributed by atoms with E-state index in [1.807, 2.05) is 19.1 Å². The van der Waals surface area contributed by atoms with Gasteiger partial charge in [0.2, 0.25) is 5.95 Å². The fourth-order valence-corrected chi connectivity index (χ4v) is 2.77. The number of rotatable bonds is 5. The Morgan fingerprint density at radius 1 is 1.35 bits per heavy atom. The second kappa shape index (κ2) is 7.26. The van der Waals surface area contributed by atoms with Crippen LogP contribution in [0.2, 0.25) is 0 Å². The van der Waals surface area contributed by atoms with Gasteiger partial charge in [-0.15, -0.1) is 0 Å². The predicted molar refractivity (Wildman–Crippen MR) is 87.6 cm³/mol. The molecule has 1 saturated heterocycles. The molecule has 6 heteroatoms. The molecule has 1 aliphatic heterocycles. The van der Waals surface area contributed by atoms with E-state index in [1.165, 1.54) is 19.3 Å². The number of aromatic nitrogens is 2. The molecule has 1 amide bonds. The lowest BCUT2D eigenvalue weighted by atomic mass is 10.1. The molecule has 1 aliphatic rings. The second-order valence-corrected chi connectivity index (χ2v) is 5.80. The molecule has 2 aromatic heterocycles. The van der Waals surface area contributed by atoms with Crippen molar-refractivity contribution in [1.82, 2.24) is 15.3 Å². The van der Waals surface area contributed by atoms with Gasteiger partial charge in [-0.3, -0.25) is 4.79 Å². The molecule has 1 N–H and O–H groups in total. The summed E-state index contributed by atoms with van der Waals surface area (Å²) in [7, 11) is 0. The Morgan fingerprint density at radius 3 is 2.87 bits per heavy atom. The van der Waals surface area contributed by atoms with E-state index in [0.29, 0.717) is 18.5 Å². The maximum Gasteiger partial charge on any atom is 0.254 e. The van der Waals surface area contributed by atoms with E-state index in [2.05, 4.69) is 20.2 Å². The fourth-order valence-electron chi connectivity index (χ4n) is 2.77. The van der Waals surface area contributed by atoms with Crippen LogP contribution < -0.4 is 10.2 Å². The van der Waals surface area contributed by atoms with E-state index < -0.39 is 0 Å². The summed E-state index contributed by atoms with van der Waals surface area (Å²) in [6.45, 7) is 4.37. The largest absolute Gasteiger partial charge is 0.469 e. The first-order chi connectivity index (χ1) is 11.2. The van der Waals surface area contributed by atoms with Gasteiger partial charge in [0.05, 0.1) is 17.5 Å². The van der Waals surface area contributed by atoms with Gasteiger partial charge in [-0.2, -0.15) is 0 Å². The minimum atomic E-state index is -0.140. The number of hydrogen-bond donors (Lipinski definition) is 1. The highest BCUT2D eigenvalue weighted by molar-refractivity contribution is 5.94. The third-order valence-corrected chi connectivity index (χ3v) is 4.09. The number of hydrogen-bond acceptors (Lipinski definition) is 5. The number of nitrogens with zero attached hydrogens (tertiary/aromatic N) is 3. The van der Waals surface area contributed by atoms with Crippen LogP contribution >= 0.6 is 0 Å². The predicted octanol–water partition coefficient (Wildman–Crippen LogP) is 2.34. The third kappa shape index (κ3) is 3.88. The van der Waals surface area contributed by atoms with Crippen LogP contribution in [0, 0.1) is 6.92 Å². The summed E-state index contributed by atoms with van der Waals surface area (Å²) in [5.41, 5.74) is 1.25. The lowest BCUT2D eigenvalue weighted by Crippen LogP contribution is -2.32. The average Bonchev–Trinajstić information content (AvgIpc) is 3.09. The van der Waals surface area contributed by atoms with Crippen LogP contribution in [0.1, 0.15) is 41.1 Å². The van der Waals surface area contributed by atoms with Gasteiger partial charge in [-0.25, -0.2) is 9.97 Å². The molecule has 0 bridgehead atoms. The van der Waals surface area contributed by atoms with Crippen molar-refractivity contribution in [1.29, 1.82) is 0 Å². The van der Waals surface area contributed by atoms with E-state index in [4.69, 9.17) is 4.42 Å². The van der Waals surface area contributed by atoms with Crippen molar-refractivity contribution in [2.75, 3.05) is 24.5 Å². The second-order valence-electron chi connectivity index (χ2n) is 5.80. The van der Waals surface area contributed by atoms with Gasteiger partial charge in [0.25, 0.3) is 5.91 Å². The Bertz CT molecular complexity index is 649. The van der Waals surface area contributed by atoms with Crippen molar-refractivity contribution in [3.63, 3.8) is 0 Å². The molecule has 0 spiro atoms. The number of nitrogens with one attached hydrogen (secondary N) is 1. The number of piperidine rings is 1. The smallest absolute Gasteiger partial charge is 0.254 e. The topological polar surface area (TPSA) is 71.3 Å². The van der Waals surface area contributed by atoms with Crippen molar-refractivity contribution in [2.45, 2.75) is 32.6 Å². The van der Waals surface area contributed by atoms with Gasteiger partial charge in [0.1, 0.15) is 5.76 Å². The van der Waals surface area contributed by atoms with Crippen molar-refractivity contribution >= 4 is 11.9 Å². The number of carbonyl (C=O) groups excluding carboxylic acids is 1. The first-order valence-electron chi connectivity index (χ1n) is 8.13. The van der Waals surface area contributed by atoms with Crippen molar-refractivity contribution < 1.29 is 9.21 Å². The Labute approximate surface area is 135 Å². The Kier molecular flexibility index (Phi) is 4.90. The minimum absolute atomic E-state index is 0.140. The molecule has 2 aromatic rings. The third-order valence-electron chi connectivity index (χ3n) is 4.09. The Balaban J connectivity index is 1.59. The number of amides is 1. The summed E-state index contributed by atoms with van der Waals surface area (Å²) >= 11 is 0. The fraction of sp³-hybridized carbons (Fsp3) is 0.471. The van der Waals surface area contributed by atoms with Gasteiger partial charge in [0.15, 0.2) is 0 Å². The number of carbonyl (C=O) groups is 1. The lowest BCUT2D eigenvalue weighted by Gasteiger charge is -2.26. The van der Waals surface area contributed by atoms with Crippen LogP contribution in [0.3, 0.4) is 0 Å². The highest BCUT2D eigenvalue weighted by atomic mass is 16.3. The van der Waals surface area contributed by atoms with Crippen molar-refractivity contribution in [3.8, 4) is 0 Å². The van der Waals surface area contributed by atoms with E-state index in [9.17, 15) is 4.79 Å². The van der Waals surface area contributed by atoms with E-state index in [-0.39, 0.29) is 5.91 Å². The van der Waals surface area contributed by atoms with Gasteiger partial charge in [-0.1, -0.05) is 0 Å². The molecule has 6 nitrogen and oxygen atoms in total. The van der Waals surface area contributed by atoms with Gasteiger partial charge < -0.3 is 14.6 Å². The first-order valence-corrected chi connectivity index (χ1v) is 8.13. The number of anilines is 1. The molecule has 23 heavy (non-hydrogen) atoms. The molecule has 0 saturated carbocycles. The van der Waals surface area contributed by atoms with Crippen molar-refractivity contribution in [2.24, 2.45) is 0 Å². The number of furan rings is 1. The van der Waals surface area contributed by atoms with Gasteiger partial charge in [0, 0.05) is 32.3 Å². The first kappa shape index (κ1) is 15.5. The zero-order valence-electron chi connectivity index (χ0n) is 13.4. The molecule has 3 rings (SSSR count). The average molecular weight is 314 g/mol. The molecule has 0 aliphatic carbocycles. The van der Waals surface area contributed by atoms with E-state index >= 15 is 0 Å². The van der Waals surface area contributed by atoms with Gasteiger partial charge in [-0.05, 0) is 38.3 Å². The summed E-state index contributed by atoms with van der Waals surface area (Å²) in [5, 5.41) is 2.88. The van der Waals surface area contributed by atoms with E-state index in [0.717, 1.165) is 30.5 Å². The minimum Gasteiger partial charge on any atom is -0.469 e. The molecule has 3 heterocycles. The maximum absolute atomic E-state index is 12.2. The molecule has 122 valence electrons. The molecule has 0 unspecified atom stereocenters. The lowest BCUT2D eigenvalue weighted by molar-refractivity contribution is 0.0952. The van der Waals surface area contributed by atoms with Gasteiger partial charge >= 0.3 is 0 Å². The van der Waals surface area contributed by atoms with Crippen LogP contribution in [0.5, 0.6) is 0 Å². The zero-order valence-corrected chi connectivity index (χ0v) is 13.4. The monoisotopic (exact) mass is 314 g/mol. The normalized spacial score (nSPS) is 14.7. The van der Waals surface area contributed by atoms with E-state index in [1.54, 1.807) is 12.5 Å². The molecule has 0 aromatic carbocycles. The molecule has 0 atom stereocenters. The SMILES string of the molecule is Cc1nc(N2CCCCC2)ncc1C(=O)NCCc1ccco1. The highest BCUT2D eigenvalue weighted by Gasteiger charge is 2.16. The molecular weight excluding hydrogens is 292 g/mol. The Hall–Kier alpha value is -2.37. The highest BCUT2D eigenvalue weighted by Crippen LogP contribution is 2.16. The van der Waals surface area contributed by atoms with Crippen molar-refractivity contribution in [3.05, 3.63) is 41.6 Å².